The van der Waals surface area contributed by atoms with Gasteiger partial charge in [0.25, 0.3) is 15.6 Å². The van der Waals surface area contributed by atoms with Gasteiger partial charge in [-0.3, -0.25) is 34.1 Å². The van der Waals surface area contributed by atoms with E-state index in [1.54, 1.807) is 31.2 Å². The molecule has 0 saturated carbocycles. The first-order valence-electron chi connectivity index (χ1n) is 11.0. The van der Waals surface area contributed by atoms with Crippen LogP contribution >= 0.6 is 0 Å². The van der Waals surface area contributed by atoms with Crippen LogP contribution in [0, 0.1) is 12.3 Å². The number of sulfonamides is 1. The Bertz CT molecular complexity index is 1570. The predicted molar refractivity (Wildman–Crippen MR) is 136 cm³/mol. The summed E-state index contributed by atoms with van der Waals surface area (Å²) < 4.78 is 61.3. The van der Waals surface area contributed by atoms with E-state index in [1.165, 1.54) is 24.4 Å². The number of nitrogens with one attached hydrogen (secondary N) is 3. The first-order valence-corrected chi connectivity index (χ1v) is 12.4. The number of carboxylic acid groups (broad SMARTS) is 1. The Morgan fingerprint density at radius 3 is 2.38 bits per heavy atom. The van der Waals surface area contributed by atoms with Gasteiger partial charge >= 0.3 is 12.1 Å². The molecule has 0 aliphatic rings. The fourth-order valence-corrected chi connectivity index (χ4v) is 4.54. The molecule has 8 N–H and O–H groups in total. The molecule has 40 heavy (non-hydrogen) atoms. The molecule has 3 rings (SSSR count). The smallest absolute Gasteiger partial charge is 0.475 e. The number of nitrogens with two attached hydrogens (primary N) is 2. The Balaban J connectivity index is 0.000000708. The number of primary amides is 1. The highest BCUT2D eigenvalue weighted by atomic mass is 32.2. The molecule has 1 unspecified atom stereocenters. The number of anilines is 1. The molecule has 0 bridgehead atoms. The van der Waals surface area contributed by atoms with Crippen molar-refractivity contribution in [1.82, 2.24) is 15.0 Å². The summed E-state index contributed by atoms with van der Waals surface area (Å²) in [6, 6.07) is 9.77. The molecule has 216 valence electrons. The fraction of sp³-hybridized carbons (Fsp3) is 0.227. The number of alkyl halides is 3. The second-order valence-corrected chi connectivity index (χ2v) is 9.53. The topological polar surface area (TPSA) is 233 Å². The first kappa shape index (κ1) is 31.5. The number of nitrogens with zero attached hydrogens (tertiary/aromatic N) is 2. The minimum atomic E-state index is -5.08. The number of halogens is 3. The van der Waals surface area contributed by atoms with Crippen molar-refractivity contribution >= 4 is 44.4 Å². The number of rotatable bonds is 9. The molecule has 2 heterocycles. The van der Waals surface area contributed by atoms with Crippen LogP contribution in [-0.4, -0.2) is 53.7 Å². The molecule has 14 nitrogen and oxygen atoms in total. The number of carbonyl (C=O) groups is 2. The molecule has 0 aliphatic heterocycles. The lowest BCUT2D eigenvalue weighted by Crippen LogP contribution is -2.38. The maximum atomic E-state index is 13.2. The van der Waals surface area contributed by atoms with Crippen LogP contribution in [0.25, 0.3) is 10.9 Å². The van der Waals surface area contributed by atoms with E-state index in [2.05, 4.69) is 15.2 Å². The van der Waals surface area contributed by atoms with Crippen molar-refractivity contribution < 1.29 is 41.1 Å². The maximum absolute atomic E-state index is 13.2. The number of hydrogen-bond acceptors (Lipinski definition) is 8. The lowest BCUT2D eigenvalue weighted by Gasteiger charge is -2.20. The van der Waals surface area contributed by atoms with Gasteiger partial charge in [-0.25, -0.2) is 18.7 Å². The lowest BCUT2D eigenvalue weighted by atomic mass is 10.1. The Kier molecular flexibility index (Phi) is 10.2. The highest BCUT2D eigenvalue weighted by Crippen LogP contribution is 2.23. The standard InChI is InChI=1S/C20H23N7O5S.C2HF3O2/c1-12-7-8-14(19(29)27(12)15(18(21)28)9-11-32-25-20(22)23)26-33(30,31)16-6-2-4-13-5-3-10-24-17(13)16;3-2(4,5)1(6)7/h2-8,10,15,26H,9,11H2,1H3,(H2,21,28)(H4,22,23,25);(H,6,7). The largest absolute Gasteiger partial charge is 0.490 e. The zero-order valence-corrected chi connectivity index (χ0v) is 21.4. The van der Waals surface area contributed by atoms with Crippen LogP contribution < -0.4 is 27.2 Å². The predicted octanol–water partition coefficient (Wildman–Crippen LogP) is 0.970. The number of hydroxylamine groups is 1. The van der Waals surface area contributed by atoms with Crippen molar-refractivity contribution in [3.8, 4) is 0 Å². The van der Waals surface area contributed by atoms with Gasteiger partial charge in [-0.05, 0) is 31.2 Å². The number of aryl methyl sites for hydroxylation is 1. The molecule has 18 heteroatoms. The van der Waals surface area contributed by atoms with Gasteiger partial charge in [0.1, 0.15) is 16.6 Å². The van der Waals surface area contributed by atoms with Crippen molar-refractivity contribution in [2.45, 2.75) is 30.5 Å². The van der Waals surface area contributed by atoms with Crippen molar-refractivity contribution in [3.05, 3.63) is 64.7 Å². The Labute approximate surface area is 224 Å². The van der Waals surface area contributed by atoms with Crippen LogP contribution in [0.4, 0.5) is 18.9 Å². The van der Waals surface area contributed by atoms with E-state index in [9.17, 15) is 31.2 Å². The highest BCUT2D eigenvalue weighted by Gasteiger charge is 2.38. The minimum absolute atomic E-state index is 0.0280. The van der Waals surface area contributed by atoms with Gasteiger partial charge in [-0.1, -0.05) is 18.2 Å². The van der Waals surface area contributed by atoms with Gasteiger partial charge in [-0.15, -0.1) is 0 Å². The van der Waals surface area contributed by atoms with Crippen LogP contribution in [0.2, 0.25) is 0 Å². The second-order valence-electron chi connectivity index (χ2n) is 7.87. The van der Waals surface area contributed by atoms with Crippen LogP contribution in [-0.2, 0) is 24.4 Å². The molecule has 1 amide bonds. The quantitative estimate of drug-likeness (QED) is 0.0898. The fourth-order valence-electron chi connectivity index (χ4n) is 3.30. The lowest BCUT2D eigenvalue weighted by molar-refractivity contribution is -0.192. The molecule has 0 saturated heterocycles. The zero-order chi connectivity index (χ0) is 30.3. The summed E-state index contributed by atoms with van der Waals surface area (Å²) in [7, 11) is -4.18. The molecule has 0 fully saturated rings. The van der Waals surface area contributed by atoms with Gasteiger partial charge in [0.05, 0.1) is 12.1 Å². The molecule has 0 radical (unpaired) electrons. The zero-order valence-electron chi connectivity index (χ0n) is 20.6. The molecular weight excluding hydrogens is 563 g/mol. The second kappa shape index (κ2) is 12.9. The summed E-state index contributed by atoms with van der Waals surface area (Å²) in [5, 5.41) is 14.8. The number of para-hydroxylation sites is 1. The van der Waals surface area contributed by atoms with Crippen molar-refractivity contribution in [2.24, 2.45) is 11.5 Å². The Hall–Kier alpha value is -4.71. The monoisotopic (exact) mass is 587 g/mol. The average Bonchev–Trinajstić information content (AvgIpc) is 2.86. The van der Waals surface area contributed by atoms with E-state index in [0.29, 0.717) is 11.1 Å². The van der Waals surface area contributed by atoms with Crippen LogP contribution in [0.3, 0.4) is 0 Å². The number of hydrogen-bond donors (Lipinski definition) is 6. The summed E-state index contributed by atoms with van der Waals surface area (Å²) in [6.07, 6.45) is -3.64. The minimum Gasteiger partial charge on any atom is -0.475 e. The highest BCUT2D eigenvalue weighted by molar-refractivity contribution is 7.93. The van der Waals surface area contributed by atoms with Crippen LogP contribution in [0.15, 0.2) is 58.4 Å². The number of aliphatic carboxylic acids is 1. The summed E-state index contributed by atoms with van der Waals surface area (Å²) in [5.74, 6) is -4.00. The third-order valence-electron chi connectivity index (χ3n) is 5.01. The van der Waals surface area contributed by atoms with Crippen LogP contribution in [0.1, 0.15) is 18.2 Å². The van der Waals surface area contributed by atoms with Crippen molar-refractivity contribution in [3.63, 3.8) is 0 Å². The van der Waals surface area contributed by atoms with Crippen molar-refractivity contribution in [1.29, 1.82) is 5.41 Å². The van der Waals surface area contributed by atoms with Gasteiger partial charge in [0.2, 0.25) is 11.9 Å². The Morgan fingerprint density at radius 1 is 1.18 bits per heavy atom. The molecule has 1 aromatic carbocycles. The van der Waals surface area contributed by atoms with E-state index in [0.717, 1.165) is 4.57 Å². The third-order valence-corrected chi connectivity index (χ3v) is 6.41. The third kappa shape index (κ3) is 8.14. The summed E-state index contributed by atoms with van der Waals surface area (Å²) >= 11 is 0. The SMILES string of the molecule is Cc1ccc(NS(=O)(=O)c2cccc3cccnc23)c(=O)n1C(CCONC(=N)N)C(N)=O.O=C(O)C(F)(F)F. The van der Waals surface area contributed by atoms with E-state index < -0.39 is 45.6 Å². The number of pyridine rings is 2. The summed E-state index contributed by atoms with van der Waals surface area (Å²) in [6.45, 7) is 1.48. The number of benzene rings is 1. The normalized spacial score (nSPS) is 12.1. The summed E-state index contributed by atoms with van der Waals surface area (Å²) in [4.78, 5) is 43.1. The first-order chi connectivity index (χ1) is 18.6. The number of amides is 1. The van der Waals surface area contributed by atoms with Gasteiger partial charge < -0.3 is 16.6 Å². The van der Waals surface area contributed by atoms with E-state index in [-0.39, 0.29) is 29.1 Å². The average molecular weight is 588 g/mol. The van der Waals surface area contributed by atoms with Crippen molar-refractivity contribution in [2.75, 3.05) is 11.3 Å². The molecule has 3 aromatic rings. The van der Waals surface area contributed by atoms with Gasteiger partial charge in [0.15, 0.2) is 0 Å². The molecule has 2 aromatic heterocycles. The van der Waals surface area contributed by atoms with Gasteiger partial charge in [0, 0.05) is 23.7 Å². The van der Waals surface area contributed by atoms with E-state index in [1.807, 2.05) is 0 Å². The number of carbonyl (C=O) groups excluding carboxylic acids is 1. The number of fused-ring (bicyclic) bond motifs is 1. The van der Waals surface area contributed by atoms with Crippen LogP contribution in [0.5, 0.6) is 0 Å². The number of aromatic nitrogens is 2. The van der Waals surface area contributed by atoms with E-state index in [4.69, 9.17) is 31.6 Å². The van der Waals surface area contributed by atoms with Gasteiger partial charge in [-0.2, -0.15) is 13.2 Å². The molecule has 1 atom stereocenters. The number of carboxylic acids is 1. The Morgan fingerprint density at radius 2 is 1.80 bits per heavy atom. The molecule has 0 aliphatic carbocycles. The number of guanidine groups is 1. The maximum Gasteiger partial charge on any atom is 0.490 e. The summed E-state index contributed by atoms with van der Waals surface area (Å²) in [5.41, 5.74) is 12.4. The van der Waals surface area contributed by atoms with E-state index >= 15 is 0 Å². The molecular formula is C22H24F3N7O7S. The molecule has 0 spiro atoms.